The number of hydrogen-bond acceptors (Lipinski definition) is 3. The highest BCUT2D eigenvalue weighted by Crippen LogP contribution is 2.11. The smallest absolute Gasteiger partial charge is 0.403 e. The fraction of sp³-hybridized carbons (Fsp3) is 0.667. The van der Waals surface area contributed by atoms with Gasteiger partial charge in [0.2, 0.25) is 0 Å². The molecule has 56 valence electrons. The summed E-state index contributed by atoms with van der Waals surface area (Å²) in [7, 11) is 1.42. The SMILES string of the molecule is COC(=O)C1=[S+]CCCS1. The second kappa shape index (κ2) is 3.93. The minimum atomic E-state index is -0.172. The van der Waals surface area contributed by atoms with Crippen molar-refractivity contribution >= 4 is 33.3 Å². The molecule has 0 aromatic heterocycles. The zero-order chi connectivity index (χ0) is 7.40. The summed E-state index contributed by atoms with van der Waals surface area (Å²) < 4.78 is 5.39. The molecule has 0 saturated carbocycles. The van der Waals surface area contributed by atoms with Gasteiger partial charge in [-0.15, -0.1) is 0 Å². The van der Waals surface area contributed by atoms with E-state index in [9.17, 15) is 4.79 Å². The van der Waals surface area contributed by atoms with Gasteiger partial charge in [0.15, 0.2) is 17.1 Å². The molecule has 1 heterocycles. The molecule has 0 aromatic rings. The average molecular weight is 177 g/mol. The van der Waals surface area contributed by atoms with Gasteiger partial charge in [-0.2, -0.15) is 0 Å². The van der Waals surface area contributed by atoms with E-state index >= 15 is 0 Å². The van der Waals surface area contributed by atoms with E-state index in [1.807, 2.05) is 0 Å². The summed E-state index contributed by atoms with van der Waals surface area (Å²) in [6.45, 7) is 0. The molecular formula is C6H9O2S2+. The minimum Gasteiger partial charge on any atom is -0.461 e. The van der Waals surface area contributed by atoms with Crippen LogP contribution in [0.5, 0.6) is 0 Å². The molecule has 0 atom stereocenters. The Morgan fingerprint density at radius 1 is 1.80 bits per heavy atom. The zero-order valence-electron chi connectivity index (χ0n) is 5.75. The Labute approximate surface area is 68.3 Å². The molecule has 0 amide bonds. The summed E-state index contributed by atoms with van der Waals surface area (Å²) in [5.74, 6) is 1.93. The van der Waals surface area contributed by atoms with Crippen LogP contribution in [-0.2, 0) is 20.9 Å². The van der Waals surface area contributed by atoms with Gasteiger partial charge in [0.05, 0.1) is 7.11 Å². The zero-order valence-corrected chi connectivity index (χ0v) is 7.39. The van der Waals surface area contributed by atoms with Crippen LogP contribution in [-0.4, -0.2) is 28.8 Å². The maximum atomic E-state index is 10.9. The first-order valence-electron chi connectivity index (χ1n) is 3.05. The van der Waals surface area contributed by atoms with Crippen molar-refractivity contribution in [3.63, 3.8) is 0 Å². The van der Waals surface area contributed by atoms with Gasteiger partial charge >= 0.3 is 10.2 Å². The van der Waals surface area contributed by atoms with Crippen molar-refractivity contribution < 1.29 is 9.53 Å². The largest absolute Gasteiger partial charge is 0.461 e. The third kappa shape index (κ3) is 1.95. The molecule has 1 rings (SSSR count). The van der Waals surface area contributed by atoms with E-state index in [-0.39, 0.29) is 5.97 Å². The molecule has 1 aliphatic heterocycles. The fourth-order valence-electron chi connectivity index (χ4n) is 0.632. The van der Waals surface area contributed by atoms with Gasteiger partial charge in [-0.3, -0.25) is 0 Å². The Morgan fingerprint density at radius 3 is 3.10 bits per heavy atom. The van der Waals surface area contributed by atoms with Crippen molar-refractivity contribution in [3.8, 4) is 0 Å². The number of ether oxygens (including phenoxy) is 1. The summed E-state index contributed by atoms with van der Waals surface area (Å²) in [4.78, 5) is 10.9. The lowest BCUT2D eigenvalue weighted by atomic mass is 10.6. The summed E-state index contributed by atoms with van der Waals surface area (Å²) in [6.07, 6.45) is 1.19. The summed E-state index contributed by atoms with van der Waals surface area (Å²) in [5, 5.41) is 0. The van der Waals surface area contributed by atoms with Gasteiger partial charge in [0.1, 0.15) is 0 Å². The first-order valence-corrected chi connectivity index (χ1v) is 5.02. The first kappa shape index (κ1) is 8.01. The molecule has 4 heteroatoms. The molecular weight excluding hydrogens is 168 g/mol. The standard InChI is InChI=1S/C6H9O2S2/c1-8-5(7)6-9-3-2-4-10-6/h2-4H2,1H3/q+1. The second-order valence-electron chi connectivity index (χ2n) is 1.83. The van der Waals surface area contributed by atoms with Crippen LogP contribution in [0.2, 0.25) is 0 Å². The lowest BCUT2D eigenvalue weighted by Crippen LogP contribution is -2.17. The highest BCUT2D eigenvalue weighted by Gasteiger charge is 2.25. The molecule has 0 N–H and O–H groups in total. The molecule has 10 heavy (non-hydrogen) atoms. The Balaban J connectivity index is 2.53. The van der Waals surface area contributed by atoms with E-state index in [2.05, 4.69) is 4.74 Å². The number of carbonyl (C=O) groups is 1. The molecule has 0 aliphatic carbocycles. The third-order valence-corrected chi connectivity index (χ3v) is 3.66. The Bertz CT molecular complexity index is 165. The van der Waals surface area contributed by atoms with E-state index in [0.717, 1.165) is 15.7 Å². The minimum absolute atomic E-state index is 0.172. The topological polar surface area (TPSA) is 26.3 Å². The number of carbonyl (C=O) groups excluding carboxylic acids is 1. The molecule has 2 nitrogen and oxygen atoms in total. The molecule has 0 fully saturated rings. The van der Waals surface area contributed by atoms with Crippen molar-refractivity contribution in [2.45, 2.75) is 6.42 Å². The van der Waals surface area contributed by atoms with Gasteiger partial charge in [-0.1, -0.05) is 11.8 Å². The van der Waals surface area contributed by atoms with Crippen LogP contribution in [0.15, 0.2) is 0 Å². The van der Waals surface area contributed by atoms with Crippen molar-refractivity contribution in [2.75, 3.05) is 18.6 Å². The number of thioether (sulfide) groups is 1. The predicted octanol–water partition coefficient (Wildman–Crippen LogP) is 0.509. The first-order chi connectivity index (χ1) is 4.84. The highest BCUT2D eigenvalue weighted by atomic mass is 32.2. The maximum Gasteiger partial charge on any atom is 0.403 e. The fourth-order valence-corrected chi connectivity index (χ4v) is 3.00. The molecule has 0 radical (unpaired) electrons. The third-order valence-electron chi connectivity index (χ3n) is 1.11. The van der Waals surface area contributed by atoms with Gasteiger partial charge in [0, 0.05) is 12.2 Å². The van der Waals surface area contributed by atoms with E-state index in [4.69, 9.17) is 0 Å². The molecule has 0 aromatic carbocycles. The monoisotopic (exact) mass is 177 g/mol. The van der Waals surface area contributed by atoms with Gasteiger partial charge in [-0.25, -0.2) is 4.79 Å². The summed E-state index contributed by atoms with van der Waals surface area (Å²) in [5.41, 5.74) is 0. The second-order valence-corrected chi connectivity index (χ2v) is 4.30. The quantitative estimate of drug-likeness (QED) is 0.331. The van der Waals surface area contributed by atoms with Gasteiger partial charge in [-0.05, 0) is 0 Å². The molecule has 0 bridgehead atoms. The van der Waals surface area contributed by atoms with Crippen LogP contribution in [0.1, 0.15) is 6.42 Å². The lowest BCUT2D eigenvalue weighted by molar-refractivity contribution is -0.132. The van der Waals surface area contributed by atoms with Gasteiger partial charge in [0.25, 0.3) is 0 Å². The van der Waals surface area contributed by atoms with E-state index in [0.29, 0.717) is 0 Å². The van der Waals surface area contributed by atoms with E-state index in [1.54, 1.807) is 23.1 Å². The van der Waals surface area contributed by atoms with E-state index in [1.165, 1.54) is 13.5 Å². The molecule has 0 spiro atoms. The highest BCUT2D eigenvalue weighted by molar-refractivity contribution is 8.25. The number of methoxy groups -OCH3 is 1. The van der Waals surface area contributed by atoms with Crippen LogP contribution < -0.4 is 0 Å². The van der Waals surface area contributed by atoms with Crippen molar-refractivity contribution in [1.29, 1.82) is 0 Å². The molecule has 1 aliphatic rings. The van der Waals surface area contributed by atoms with E-state index < -0.39 is 0 Å². The van der Waals surface area contributed by atoms with Crippen LogP contribution in [0.25, 0.3) is 0 Å². The Hall–Kier alpha value is -0.0900. The van der Waals surface area contributed by atoms with Crippen LogP contribution in [0.4, 0.5) is 0 Å². The Morgan fingerprint density at radius 2 is 2.60 bits per heavy atom. The molecule has 0 saturated heterocycles. The van der Waals surface area contributed by atoms with Gasteiger partial charge < -0.3 is 4.74 Å². The molecule has 0 unspecified atom stereocenters. The average Bonchev–Trinajstić information content (AvgIpc) is 2.05. The number of hydrogen-bond donors (Lipinski definition) is 0. The maximum absolute atomic E-state index is 10.9. The van der Waals surface area contributed by atoms with Crippen LogP contribution in [0, 0.1) is 0 Å². The summed E-state index contributed by atoms with van der Waals surface area (Å²) >= 11 is 3.20. The predicted molar refractivity (Wildman–Crippen MR) is 46.3 cm³/mol. The van der Waals surface area contributed by atoms with Crippen molar-refractivity contribution in [2.24, 2.45) is 0 Å². The summed E-state index contributed by atoms with van der Waals surface area (Å²) in [6, 6.07) is 0. The lowest BCUT2D eigenvalue weighted by Gasteiger charge is -1.97. The van der Waals surface area contributed by atoms with Crippen LogP contribution in [0.3, 0.4) is 0 Å². The normalized spacial score (nSPS) is 17.9. The van der Waals surface area contributed by atoms with Crippen molar-refractivity contribution in [3.05, 3.63) is 0 Å². The number of rotatable bonds is 1. The Kier molecular flexibility index (Phi) is 3.15. The number of esters is 1. The van der Waals surface area contributed by atoms with Crippen LogP contribution >= 0.6 is 11.8 Å². The van der Waals surface area contributed by atoms with Crippen molar-refractivity contribution in [1.82, 2.24) is 0 Å².